The number of H-pyrrole nitrogens is 1. The van der Waals surface area contributed by atoms with Gasteiger partial charge >= 0.3 is 0 Å². The first-order valence-electron chi connectivity index (χ1n) is 7.29. The normalized spacial score (nSPS) is 11.8. The topological polar surface area (TPSA) is 74.8 Å². The van der Waals surface area contributed by atoms with Crippen LogP contribution in [0.1, 0.15) is 5.56 Å². The average molecular weight is 447 g/mol. The van der Waals surface area contributed by atoms with Gasteiger partial charge in [0.05, 0.1) is 34.0 Å². The minimum absolute atomic E-state index is 0.0885. The molecule has 0 bridgehead atoms. The van der Waals surface area contributed by atoms with Crippen LogP contribution in [0.2, 0.25) is 5.02 Å². The van der Waals surface area contributed by atoms with Crippen molar-refractivity contribution in [1.29, 1.82) is 0 Å². The molecule has 1 heterocycles. The van der Waals surface area contributed by atoms with E-state index in [1.54, 1.807) is 24.3 Å². The van der Waals surface area contributed by atoms with Crippen molar-refractivity contribution in [2.24, 2.45) is 0 Å². The van der Waals surface area contributed by atoms with Crippen molar-refractivity contribution in [3.05, 3.63) is 51.5 Å². The van der Waals surface area contributed by atoms with E-state index in [0.29, 0.717) is 21.8 Å². The molecule has 3 aromatic rings. The van der Waals surface area contributed by atoms with Crippen molar-refractivity contribution in [3.8, 4) is 0 Å². The Labute approximate surface area is 157 Å². The van der Waals surface area contributed by atoms with Gasteiger partial charge in [-0.1, -0.05) is 27.5 Å². The van der Waals surface area contributed by atoms with Gasteiger partial charge in [0, 0.05) is 10.7 Å². The summed E-state index contributed by atoms with van der Waals surface area (Å²) in [5.41, 5.74) is 1.90. The van der Waals surface area contributed by atoms with Crippen LogP contribution in [0.15, 0.2) is 35.1 Å². The van der Waals surface area contributed by atoms with Crippen LogP contribution in [0, 0.1) is 5.82 Å². The van der Waals surface area contributed by atoms with E-state index in [4.69, 9.17) is 11.6 Å². The molecule has 1 aromatic heterocycles. The molecule has 0 atom stereocenters. The number of imidazole rings is 1. The average Bonchev–Trinajstić information content (AvgIpc) is 2.98. The van der Waals surface area contributed by atoms with E-state index in [0.717, 1.165) is 10.7 Å². The van der Waals surface area contributed by atoms with Crippen LogP contribution in [0.3, 0.4) is 0 Å². The summed E-state index contributed by atoms with van der Waals surface area (Å²) < 4.78 is 38.7. The molecule has 0 saturated carbocycles. The zero-order chi connectivity index (χ0) is 18.2. The molecule has 25 heavy (non-hydrogen) atoms. The third-order valence-electron chi connectivity index (χ3n) is 3.67. The van der Waals surface area contributed by atoms with Crippen LogP contribution in [0.25, 0.3) is 11.0 Å². The van der Waals surface area contributed by atoms with Crippen LogP contribution in [0.5, 0.6) is 0 Å². The molecule has 2 N–H and O–H groups in total. The highest BCUT2D eigenvalue weighted by molar-refractivity contribution is 9.10. The molecule has 2 aromatic carbocycles. The van der Waals surface area contributed by atoms with Crippen molar-refractivity contribution in [2.45, 2.75) is 6.42 Å². The Hall–Kier alpha value is -1.64. The summed E-state index contributed by atoms with van der Waals surface area (Å²) in [6.07, 6.45) is 2.71. The van der Waals surface area contributed by atoms with Gasteiger partial charge in [0.2, 0.25) is 0 Å². The lowest BCUT2D eigenvalue weighted by atomic mass is 10.1. The lowest BCUT2D eigenvalue weighted by Crippen LogP contribution is -2.09. The summed E-state index contributed by atoms with van der Waals surface area (Å²) >= 11 is 9.52. The fourth-order valence-corrected chi connectivity index (χ4v) is 3.76. The second kappa shape index (κ2) is 6.93. The van der Waals surface area contributed by atoms with E-state index in [1.807, 2.05) is 0 Å². The molecule has 132 valence electrons. The highest BCUT2D eigenvalue weighted by atomic mass is 79.9. The smallest absolute Gasteiger partial charge is 0.174 e. The first-order valence-corrected chi connectivity index (χ1v) is 10.5. The maximum atomic E-state index is 14.9. The number of anilines is 2. The number of nitrogens with one attached hydrogen (secondary N) is 2. The quantitative estimate of drug-likeness (QED) is 0.607. The van der Waals surface area contributed by atoms with Gasteiger partial charge in [0.15, 0.2) is 5.82 Å². The lowest BCUT2D eigenvalue weighted by Gasteiger charge is -2.15. The molecule has 0 fully saturated rings. The third-order valence-corrected chi connectivity index (χ3v) is 5.42. The molecule has 5 nitrogen and oxygen atoms in total. The second-order valence-corrected chi connectivity index (χ2v) is 9.24. The van der Waals surface area contributed by atoms with Gasteiger partial charge in [-0.25, -0.2) is 17.8 Å². The second-order valence-electron chi connectivity index (χ2n) is 5.65. The minimum Gasteiger partial charge on any atom is -0.352 e. The van der Waals surface area contributed by atoms with Gasteiger partial charge in [-0.3, -0.25) is 0 Å². The predicted molar refractivity (Wildman–Crippen MR) is 102 cm³/mol. The summed E-state index contributed by atoms with van der Waals surface area (Å²) in [5, 5.41) is 3.39. The molecule has 0 unspecified atom stereocenters. The summed E-state index contributed by atoms with van der Waals surface area (Å²) in [4.78, 5) is 6.83. The third kappa shape index (κ3) is 4.13. The Morgan fingerprint density at radius 2 is 2.12 bits per heavy atom. The first kappa shape index (κ1) is 18.2. The Balaban J connectivity index is 2.08. The number of aromatic nitrogens is 2. The number of hydrogen-bond donors (Lipinski definition) is 2. The number of halogens is 3. The maximum absolute atomic E-state index is 14.9. The van der Waals surface area contributed by atoms with E-state index in [-0.39, 0.29) is 23.4 Å². The molecule has 0 radical (unpaired) electrons. The van der Waals surface area contributed by atoms with Crippen molar-refractivity contribution in [3.63, 3.8) is 0 Å². The summed E-state index contributed by atoms with van der Waals surface area (Å²) in [6.45, 7) is 0. The molecule has 9 heteroatoms. The molecule has 0 spiro atoms. The number of aromatic amines is 1. The zero-order valence-corrected chi connectivity index (χ0v) is 16.3. The van der Waals surface area contributed by atoms with Gasteiger partial charge in [-0.15, -0.1) is 0 Å². The number of rotatable bonds is 5. The van der Waals surface area contributed by atoms with E-state index >= 15 is 0 Å². The molecule has 0 aliphatic rings. The van der Waals surface area contributed by atoms with Crippen molar-refractivity contribution in [2.75, 3.05) is 17.3 Å². The van der Waals surface area contributed by atoms with Crippen molar-refractivity contribution in [1.82, 2.24) is 9.97 Å². The van der Waals surface area contributed by atoms with Gasteiger partial charge < -0.3 is 10.3 Å². The van der Waals surface area contributed by atoms with E-state index in [9.17, 15) is 12.8 Å². The number of nitrogens with zero attached hydrogens (tertiary/aromatic N) is 1. The Kier molecular flexibility index (Phi) is 5.04. The Bertz CT molecular complexity index is 1050. The summed E-state index contributed by atoms with van der Waals surface area (Å²) in [5.74, 6) is -0.643. The highest BCUT2D eigenvalue weighted by Crippen LogP contribution is 2.34. The number of aryl methyl sites for hydroxylation is 1. The van der Waals surface area contributed by atoms with Gasteiger partial charge in [0.25, 0.3) is 0 Å². The van der Waals surface area contributed by atoms with Crippen LogP contribution in [-0.4, -0.2) is 30.4 Å². The monoisotopic (exact) mass is 445 g/mol. The molecule has 0 amide bonds. The van der Waals surface area contributed by atoms with Gasteiger partial charge in [0.1, 0.15) is 15.4 Å². The zero-order valence-electron chi connectivity index (χ0n) is 13.1. The van der Waals surface area contributed by atoms with Crippen LogP contribution < -0.4 is 5.32 Å². The summed E-state index contributed by atoms with van der Waals surface area (Å²) in [7, 11) is -3.19. The van der Waals surface area contributed by atoms with Gasteiger partial charge in [-0.05, 0) is 36.2 Å². The molecule has 3 rings (SSSR count). The largest absolute Gasteiger partial charge is 0.352 e. The molecular formula is C16H14BrClFN3O2S. The molecule has 0 aliphatic carbocycles. The van der Waals surface area contributed by atoms with Crippen molar-refractivity contribution < 1.29 is 12.8 Å². The highest BCUT2D eigenvalue weighted by Gasteiger charge is 2.18. The van der Waals surface area contributed by atoms with Crippen LogP contribution in [-0.2, 0) is 16.3 Å². The van der Waals surface area contributed by atoms with Crippen molar-refractivity contribution >= 4 is 59.8 Å². The standard InChI is InChI=1S/C16H14BrClFN3O2S/c1-25(23,24)5-4-9-6-13-16(21-8-20-13)14(19)15(9)22-12-3-2-10(17)7-11(12)18/h2-3,6-8,22H,4-5H2,1H3,(H,20,21). The Morgan fingerprint density at radius 1 is 1.36 bits per heavy atom. The predicted octanol–water partition coefficient (Wildman–Crippen LogP) is 4.45. The maximum Gasteiger partial charge on any atom is 0.174 e. The van der Waals surface area contributed by atoms with E-state index in [2.05, 4.69) is 31.2 Å². The number of hydrogen-bond acceptors (Lipinski definition) is 4. The molecule has 0 aliphatic heterocycles. The number of benzene rings is 2. The summed E-state index contributed by atoms with van der Waals surface area (Å²) in [6, 6.07) is 6.87. The number of sulfone groups is 1. The van der Waals surface area contributed by atoms with E-state index < -0.39 is 15.7 Å². The minimum atomic E-state index is -3.19. The fourth-order valence-electron chi connectivity index (χ4n) is 2.45. The van der Waals surface area contributed by atoms with Gasteiger partial charge in [-0.2, -0.15) is 0 Å². The fraction of sp³-hybridized carbons (Fsp3) is 0.188. The SMILES string of the molecule is CS(=O)(=O)CCc1cc2[nH]cnc2c(F)c1Nc1ccc(Br)cc1Cl. The van der Waals surface area contributed by atoms with Crippen LogP contribution in [0.4, 0.5) is 15.8 Å². The Morgan fingerprint density at radius 3 is 2.80 bits per heavy atom. The lowest BCUT2D eigenvalue weighted by molar-refractivity contribution is 0.600. The van der Waals surface area contributed by atoms with E-state index in [1.165, 1.54) is 6.33 Å². The molecule has 0 saturated heterocycles. The number of fused-ring (bicyclic) bond motifs is 1. The molecular weight excluding hydrogens is 433 g/mol. The first-order chi connectivity index (χ1) is 11.7. The van der Waals surface area contributed by atoms with Crippen LogP contribution >= 0.6 is 27.5 Å².